The van der Waals surface area contributed by atoms with E-state index in [1.54, 1.807) is 12.1 Å². The third-order valence-electron chi connectivity index (χ3n) is 2.42. The van der Waals surface area contributed by atoms with Gasteiger partial charge in [0.1, 0.15) is 11.6 Å². The molecule has 1 aromatic heterocycles. The molecule has 18 heavy (non-hydrogen) atoms. The van der Waals surface area contributed by atoms with Crippen LogP contribution in [0, 0.1) is 5.82 Å². The highest BCUT2D eigenvalue weighted by Gasteiger charge is 2.14. The van der Waals surface area contributed by atoms with Gasteiger partial charge in [0, 0.05) is 22.5 Å². The number of hydrogen-bond donors (Lipinski definition) is 1. The van der Waals surface area contributed by atoms with Crippen LogP contribution < -0.4 is 5.73 Å². The van der Waals surface area contributed by atoms with Gasteiger partial charge in [0.25, 0.3) is 0 Å². The molecule has 0 aliphatic heterocycles. The van der Waals surface area contributed by atoms with Gasteiger partial charge < -0.3 is 5.73 Å². The maximum absolute atomic E-state index is 14.1. The van der Waals surface area contributed by atoms with Crippen LogP contribution in [0.3, 0.4) is 0 Å². The van der Waals surface area contributed by atoms with Crippen LogP contribution in [0.15, 0.2) is 22.7 Å². The second-order valence-corrected chi connectivity index (χ2v) is 4.90. The molecule has 1 heterocycles. The number of nitrogens with two attached hydrogens (primary N) is 1. The summed E-state index contributed by atoms with van der Waals surface area (Å²) in [5, 5.41) is 0.0303. The predicted molar refractivity (Wildman–Crippen MR) is 73.9 cm³/mol. The molecular weight excluding hydrogens is 321 g/mol. The van der Waals surface area contributed by atoms with Gasteiger partial charge in [0.2, 0.25) is 0 Å². The fourth-order valence-electron chi connectivity index (χ4n) is 1.54. The molecule has 0 fully saturated rings. The van der Waals surface area contributed by atoms with Gasteiger partial charge in [0.05, 0.1) is 10.7 Å². The number of aryl methyl sites for hydroxylation is 1. The quantitative estimate of drug-likeness (QED) is 0.851. The third kappa shape index (κ3) is 2.47. The number of nitrogen functional groups attached to an aromatic ring is 1. The van der Waals surface area contributed by atoms with E-state index in [9.17, 15) is 4.39 Å². The Hall–Kier alpha value is -1.20. The fraction of sp³-hybridized carbons (Fsp3) is 0.167. The van der Waals surface area contributed by atoms with Crippen LogP contribution in [0.2, 0.25) is 5.02 Å². The van der Waals surface area contributed by atoms with Crippen LogP contribution in [0.4, 0.5) is 10.2 Å². The molecule has 6 heteroatoms. The zero-order valence-corrected chi connectivity index (χ0v) is 11.9. The normalized spacial score (nSPS) is 10.7. The summed E-state index contributed by atoms with van der Waals surface area (Å²) >= 11 is 9.02. The highest BCUT2D eigenvalue weighted by atomic mass is 79.9. The first-order valence-corrected chi connectivity index (χ1v) is 6.47. The van der Waals surface area contributed by atoms with Crippen molar-refractivity contribution in [1.82, 2.24) is 9.97 Å². The Morgan fingerprint density at radius 3 is 2.78 bits per heavy atom. The molecule has 0 aliphatic carbocycles. The Bertz CT molecular complexity index is 604. The zero-order valence-electron chi connectivity index (χ0n) is 9.54. The fourth-order valence-corrected chi connectivity index (χ4v) is 2.01. The molecule has 0 amide bonds. The predicted octanol–water partition coefficient (Wildman–Crippen LogP) is 3.84. The van der Waals surface area contributed by atoms with Gasteiger partial charge in [-0.3, -0.25) is 0 Å². The van der Waals surface area contributed by atoms with Gasteiger partial charge in [-0.15, -0.1) is 0 Å². The van der Waals surface area contributed by atoms with Crippen molar-refractivity contribution >= 4 is 33.3 Å². The van der Waals surface area contributed by atoms with Crippen molar-refractivity contribution in [3.63, 3.8) is 0 Å². The lowest BCUT2D eigenvalue weighted by molar-refractivity contribution is 0.630. The Morgan fingerprint density at radius 1 is 1.39 bits per heavy atom. The van der Waals surface area contributed by atoms with Gasteiger partial charge in [-0.2, -0.15) is 0 Å². The van der Waals surface area contributed by atoms with Crippen molar-refractivity contribution in [2.75, 3.05) is 5.73 Å². The second kappa shape index (κ2) is 5.20. The monoisotopic (exact) mass is 329 g/mol. The molecule has 0 radical (unpaired) electrons. The minimum Gasteiger partial charge on any atom is -0.384 e. The van der Waals surface area contributed by atoms with Crippen molar-refractivity contribution in [2.45, 2.75) is 13.3 Å². The number of benzene rings is 1. The molecule has 2 N–H and O–H groups in total. The molecular formula is C12H10BrClFN3. The largest absolute Gasteiger partial charge is 0.384 e. The average molecular weight is 331 g/mol. The molecule has 2 rings (SSSR count). The van der Waals surface area contributed by atoms with E-state index >= 15 is 0 Å². The average Bonchev–Trinajstić information content (AvgIpc) is 2.35. The number of halogens is 3. The van der Waals surface area contributed by atoms with E-state index in [4.69, 9.17) is 17.3 Å². The standard InChI is InChI=1S/C12H10BrClFN3/c1-2-10-17-8(5-9(16)18-10)6-3-4-7(13)11(14)12(6)15/h3-5H,2H2,1H3,(H2,16,17,18). The van der Waals surface area contributed by atoms with E-state index < -0.39 is 5.82 Å². The molecule has 3 nitrogen and oxygen atoms in total. The minimum absolute atomic E-state index is 0.0303. The molecule has 0 atom stereocenters. The summed E-state index contributed by atoms with van der Waals surface area (Å²) in [4.78, 5) is 8.30. The number of hydrogen-bond acceptors (Lipinski definition) is 3. The van der Waals surface area contributed by atoms with E-state index in [0.29, 0.717) is 33.8 Å². The number of nitrogens with zero attached hydrogens (tertiary/aromatic N) is 2. The van der Waals surface area contributed by atoms with Crippen molar-refractivity contribution in [2.24, 2.45) is 0 Å². The second-order valence-electron chi connectivity index (χ2n) is 3.67. The molecule has 0 aliphatic rings. The van der Waals surface area contributed by atoms with E-state index in [2.05, 4.69) is 25.9 Å². The molecule has 0 unspecified atom stereocenters. The Balaban J connectivity index is 2.62. The summed E-state index contributed by atoms with van der Waals surface area (Å²) in [5.41, 5.74) is 6.42. The topological polar surface area (TPSA) is 51.8 Å². The van der Waals surface area contributed by atoms with Crippen LogP contribution in [-0.4, -0.2) is 9.97 Å². The number of anilines is 1. The van der Waals surface area contributed by atoms with E-state index in [1.807, 2.05) is 6.92 Å². The molecule has 1 aromatic carbocycles. The molecule has 0 bridgehead atoms. The van der Waals surface area contributed by atoms with Gasteiger partial charge in [-0.1, -0.05) is 18.5 Å². The highest BCUT2D eigenvalue weighted by Crippen LogP contribution is 2.32. The smallest absolute Gasteiger partial charge is 0.152 e. The first kappa shape index (κ1) is 13.2. The maximum atomic E-state index is 14.1. The summed E-state index contributed by atoms with van der Waals surface area (Å²) in [7, 11) is 0. The first-order chi connectivity index (χ1) is 8.52. The molecule has 2 aromatic rings. The Kier molecular flexibility index (Phi) is 3.82. The van der Waals surface area contributed by atoms with Gasteiger partial charge >= 0.3 is 0 Å². The van der Waals surface area contributed by atoms with Crippen LogP contribution in [0.5, 0.6) is 0 Å². The SMILES string of the molecule is CCc1nc(N)cc(-c2ccc(Br)c(Cl)c2F)n1. The van der Waals surface area contributed by atoms with Gasteiger partial charge in [-0.05, 0) is 28.1 Å². The van der Waals surface area contributed by atoms with Crippen LogP contribution >= 0.6 is 27.5 Å². The summed E-state index contributed by atoms with van der Waals surface area (Å²) in [5.74, 6) is 0.366. The van der Waals surface area contributed by atoms with Gasteiger partial charge in [-0.25, -0.2) is 14.4 Å². The molecule has 0 saturated carbocycles. The minimum atomic E-state index is -0.522. The number of rotatable bonds is 2. The lowest BCUT2D eigenvalue weighted by Crippen LogP contribution is -2.01. The number of aromatic nitrogens is 2. The molecule has 0 spiro atoms. The van der Waals surface area contributed by atoms with Crippen molar-refractivity contribution in [3.8, 4) is 11.3 Å². The van der Waals surface area contributed by atoms with Crippen molar-refractivity contribution < 1.29 is 4.39 Å². The first-order valence-electron chi connectivity index (χ1n) is 5.30. The van der Waals surface area contributed by atoms with Crippen LogP contribution in [0.25, 0.3) is 11.3 Å². The van der Waals surface area contributed by atoms with Crippen LogP contribution in [-0.2, 0) is 6.42 Å². The zero-order chi connectivity index (χ0) is 13.3. The van der Waals surface area contributed by atoms with Crippen molar-refractivity contribution in [1.29, 1.82) is 0 Å². The molecule has 0 saturated heterocycles. The lowest BCUT2D eigenvalue weighted by Gasteiger charge is -2.07. The summed E-state index contributed by atoms with van der Waals surface area (Å²) in [6.45, 7) is 1.91. The molecule has 94 valence electrons. The van der Waals surface area contributed by atoms with E-state index in [-0.39, 0.29) is 5.02 Å². The third-order valence-corrected chi connectivity index (χ3v) is 3.68. The van der Waals surface area contributed by atoms with E-state index in [0.717, 1.165) is 0 Å². The van der Waals surface area contributed by atoms with Crippen molar-refractivity contribution in [3.05, 3.63) is 39.3 Å². The summed E-state index contributed by atoms with van der Waals surface area (Å²) < 4.78 is 14.6. The Morgan fingerprint density at radius 2 is 2.11 bits per heavy atom. The van der Waals surface area contributed by atoms with E-state index in [1.165, 1.54) is 6.07 Å². The maximum Gasteiger partial charge on any atom is 0.152 e. The Labute approximate surface area is 117 Å². The summed E-state index contributed by atoms with van der Waals surface area (Å²) in [6.07, 6.45) is 0.629. The highest BCUT2D eigenvalue weighted by molar-refractivity contribution is 9.10. The summed E-state index contributed by atoms with van der Waals surface area (Å²) in [6, 6.07) is 4.80. The van der Waals surface area contributed by atoms with Gasteiger partial charge in [0.15, 0.2) is 5.82 Å². The van der Waals surface area contributed by atoms with Crippen LogP contribution in [0.1, 0.15) is 12.7 Å². The lowest BCUT2D eigenvalue weighted by atomic mass is 10.1.